The normalized spacial score (nSPS) is 18.6. The van der Waals surface area contributed by atoms with Gasteiger partial charge in [0.1, 0.15) is 0 Å². The molecule has 2 amide bonds. The van der Waals surface area contributed by atoms with Gasteiger partial charge >= 0.3 is 0 Å². The maximum atomic E-state index is 12.1. The first-order chi connectivity index (χ1) is 10.1. The highest BCUT2D eigenvalue weighted by atomic mass is 32.1. The van der Waals surface area contributed by atoms with E-state index < -0.39 is 0 Å². The first kappa shape index (κ1) is 15.9. The summed E-state index contributed by atoms with van der Waals surface area (Å²) in [6.45, 7) is 5.57. The molecule has 2 heterocycles. The van der Waals surface area contributed by atoms with Gasteiger partial charge in [-0.05, 0) is 26.2 Å². The fourth-order valence-electron chi connectivity index (χ4n) is 2.59. The largest absolute Gasteiger partial charge is 0.356 e. The molecule has 1 aliphatic rings. The van der Waals surface area contributed by atoms with Crippen molar-refractivity contribution in [3.05, 3.63) is 16.1 Å². The van der Waals surface area contributed by atoms with Gasteiger partial charge in [-0.3, -0.25) is 9.59 Å². The third kappa shape index (κ3) is 4.81. The molecule has 1 N–H and O–H groups in total. The molecule has 1 aromatic heterocycles. The van der Waals surface area contributed by atoms with E-state index >= 15 is 0 Å². The molecule has 0 bridgehead atoms. The summed E-state index contributed by atoms with van der Waals surface area (Å²) in [7, 11) is 0. The van der Waals surface area contributed by atoms with Crippen LogP contribution in [0, 0.1) is 12.8 Å². The Morgan fingerprint density at radius 1 is 1.52 bits per heavy atom. The van der Waals surface area contributed by atoms with Crippen molar-refractivity contribution < 1.29 is 9.59 Å². The number of thiazole rings is 1. The van der Waals surface area contributed by atoms with Crippen molar-refractivity contribution in [3.8, 4) is 0 Å². The summed E-state index contributed by atoms with van der Waals surface area (Å²) in [5, 5.41) is 6.16. The van der Waals surface area contributed by atoms with Gasteiger partial charge in [0.15, 0.2) is 0 Å². The van der Waals surface area contributed by atoms with E-state index in [4.69, 9.17) is 0 Å². The van der Waals surface area contributed by atoms with Crippen molar-refractivity contribution in [1.29, 1.82) is 0 Å². The first-order valence-corrected chi connectivity index (χ1v) is 8.38. The molecule has 2 rings (SSSR count). The first-order valence-electron chi connectivity index (χ1n) is 7.50. The summed E-state index contributed by atoms with van der Waals surface area (Å²) < 4.78 is 0. The molecule has 1 fully saturated rings. The van der Waals surface area contributed by atoms with Crippen LogP contribution < -0.4 is 5.32 Å². The highest BCUT2D eigenvalue weighted by Gasteiger charge is 2.26. The number of aryl methyl sites for hydroxylation is 2. The summed E-state index contributed by atoms with van der Waals surface area (Å²) in [4.78, 5) is 29.7. The lowest BCUT2D eigenvalue weighted by atomic mass is 9.97. The van der Waals surface area contributed by atoms with E-state index in [0.29, 0.717) is 13.1 Å². The molecule has 0 unspecified atom stereocenters. The number of piperidine rings is 1. The number of carbonyl (C=O) groups excluding carboxylic acids is 2. The molecule has 116 valence electrons. The molecule has 6 heteroatoms. The van der Waals surface area contributed by atoms with Crippen LogP contribution in [-0.2, 0) is 16.0 Å². The molecule has 5 nitrogen and oxygen atoms in total. The fraction of sp³-hybridized carbons (Fsp3) is 0.667. The molecule has 0 aliphatic carbocycles. The van der Waals surface area contributed by atoms with Gasteiger partial charge in [0.05, 0.1) is 10.9 Å². The smallest absolute Gasteiger partial charge is 0.224 e. The number of aromatic nitrogens is 1. The van der Waals surface area contributed by atoms with E-state index in [-0.39, 0.29) is 17.7 Å². The quantitative estimate of drug-likeness (QED) is 0.843. The van der Waals surface area contributed by atoms with Crippen LogP contribution in [0.25, 0.3) is 0 Å². The lowest BCUT2D eigenvalue weighted by Gasteiger charge is -2.31. The fourth-order valence-corrected chi connectivity index (χ4v) is 3.41. The van der Waals surface area contributed by atoms with Crippen molar-refractivity contribution in [3.63, 3.8) is 0 Å². The van der Waals surface area contributed by atoms with Crippen LogP contribution in [-0.4, -0.2) is 41.3 Å². The van der Waals surface area contributed by atoms with Crippen molar-refractivity contribution in [1.82, 2.24) is 15.2 Å². The van der Waals surface area contributed by atoms with Gasteiger partial charge in [-0.25, -0.2) is 4.98 Å². The van der Waals surface area contributed by atoms with E-state index in [2.05, 4.69) is 10.3 Å². The summed E-state index contributed by atoms with van der Waals surface area (Å²) >= 11 is 1.67. The van der Waals surface area contributed by atoms with Crippen LogP contribution in [0.3, 0.4) is 0 Å². The molecule has 0 aromatic carbocycles. The third-order valence-electron chi connectivity index (χ3n) is 3.77. The van der Waals surface area contributed by atoms with Gasteiger partial charge in [-0.1, -0.05) is 0 Å². The number of nitrogens with zero attached hydrogens (tertiary/aromatic N) is 2. The summed E-state index contributed by atoms with van der Waals surface area (Å²) in [6.07, 6.45) is 3.60. The van der Waals surface area contributed by atoms with Crippen LogP contribution in [0.4, 0.5) is 0 Å². The zero-order valence-corrected chi connectivity index (χ0v) is 13.5. The van der Waals surface area contributed by atoms with Crippen LogP contribution in [0.15, 0.2) is 5.38 Å². The molecule has 21 heavy (non-hydrogen) atoms. The van der Waals surface area contributed by atoms with E-state index in [9.17, 15) is 9.59 Å². The maximum absolute atomic E-state index is 12.1. The summed E-state index contributed by atoms with van der Waals surface area (Å²) in [6, 6.07) is 0. The molecule has 1 aromatic rings. The van der Waals surface area contributed by atoms with Crippen LogP contribution in [0.5, 0.6) is 0 Å². The predicted molar refractivity (Wildman–Crippen MR) is 83.2 cm³/mol. The van der Waals surface area contributed by atoms with Gasteiger partial charge in [-0.15, -0.1) is 11.3 Å². The molecule has 0 spiro atoms. The monoisotopic (exact) mass is 309 g/mol. The van der Waals surface area contributed by atoms with Crippen LogP contribution in [0.2, 0.25) is 0 Å². The summed E-state index contributed by atoms with van der Waals surface area (Å²) in [5.41, 5.74) is 1.06. The minimum Gasteiger partial charge on any atom is -0.356 e. The standard InChI is InChI=1S/C15H23N3O2S/c1-11-10-21-14(17-11)6-3-7-16-15(20)13-5-4-8-18(9-13)12(2)19/h10,13H,3-9H2,1-2H3,(H,16,20)/t13-/m0/s1. The summed E-state index contributed by atoms with van der Waals surface area (Å²) in [5.74, 6) is 0.0904. The lowest BCUT2D eigenvalue weighted by molar-refractivity contribution is -0.133. The number of amides is 2. The van der Waals surface area contributed by atoms with E-state index in [1.807, 2.05) is 12.3 Å². The van der Waals surface area contributed by atoms with Crippen molar-refractivity contribution >= 4 is 23.2 Å². The minimum absolute atomic E-state index is 0.0512. The number of nitrogens with one attached hydrogen (secondary N) is 1. The molecule has 1 aliphatic heterocycles. The Labute approximate surface area is 129 Å². The van der Waals surface area contributed by atoms with Crippen LogP contribution >= 0.6 is 11.3 Å². The number of likely N-dealkylation sites (tertiary alicyclic amines) is 1. The molecule has 1 saturated heterocycles. The zero-order valence-electron chi connectivity index (χ0n) is 12.7. The molecular formula is C15H23N3O2S. The Kier molecular flexibility index (Phi) is 5.73. The molecular weight excluding hydrogens is 286 g/mol. The number of hydrogen-bond donors (Lipinski definition) is 1. The maximum Gasteiger partial charge on any atom is 0.224 e. The van der Waals surface area contributed by atoms with Crippen molar-refractivity contribution in [2.75, 3.05) is 19.6 Å². The Bertz CT molecular complexity index is 501. The molecule has 1 atom stereocenters. The Hall–Kier alpha value is -1.43. The van der Waals surface area contributed by atoms with Gasteiger partial charge in [0, 0.05) is 44.1 Å². The van der Waals surface area contributed by atoms with Crippen molar-refractivity contribution in [2.24, 2.45) is 5.92 Å². The van der Waals surface area contributed by atoms with Gasteiger partial charge < -0.3 is 10.2 Å². The number of hydrogen-bond acceptors (Lipinski definition) is 4. The van der Waals surface area contributed by atoms with E-state index in [1.165, 1.54) is 0 Å². The van der Waals surface area contributed by atoms with Crippen LogP contribution in [0.1, 0.15) is 36.9 Å². The number of rotatable bonds is 5. The average molecular weight is 309 g/mol. The Balaban J connectivity index is 1.68. The Morgan fingerprint density at radius 3 is 3.00 bits per heavy atom. The highest BCUT2D eigenvalue weighted by molar-refractivity contribution is 7.09. The lowest BCUT2D eigenvalue weighted by Crippen LogP contribution is -2.44. The predicted octanol–water partition coefficient (Wildman–Crippen LogP) is 1.76. The van der Waals surface area contributed by atoms with Gasteiger partial charge in [-0.2, -0.15) is 0 Å². The zero-order chi connectivity index (χ0) is 15.2. The van der Waals surface area contributed by atoms with Crippen molar-refractivity contribution in [2.45, 2.75) is 39.5 Å². The minimum atomic E-state index is -0.0512. The SMILES string of the molecule is CC(=O)N1CCC[C@H](C(=O)NCCCc2nc(C)cs2)C1. The second kappa shape index (κ2) is 7.54. The average Bonchev–Trinajstić information content (AvgIpc) is 2.89. The number of carbonyl (C=O) groups is 2. The van der Waals surface area contributed by atoms with E-state index in [1.54, 1.807) is 23.2 Å². The topological polar surface area (TPSA) is 62.3 Å². The van der Waals surface area contributed by atoms with Gasteiger partial charge in [0.2, 0.25) is 11.8 Å². The molecule has 0 radical (unpaired) electrons. The van der Waals surface area contributed by atoms with E-state index in [0.717, 1.165) is 42.9 Å². The van der Waals surface area contributed by atoms with Gasteiger partial charge in [0.25, 0.3) is 0 Å². The Morgan fingerprint density at radius 2 is 2.33 bits per heavy atom. The second-order valence-electron chi connectivity index (χ2n) is 5.58. The highest BCUT2D eigenvalue weighted by Crippen LogP contribution is 2.16. The third-order valence-corrected chi connectivity index (χ3v) is 4.80. The molecule has 0 saturated carbocycles. The second-order valence-corrected chi connectivity index (χ2v) is 6.52.